The van der Waals surface area contributed by atoms with E-state index >= 15 is 0 Å². The molecule has 0 spiro atoms. The average molecular weight is 194 g/mol. The first-order valence-corrected chi connectivity index (χ1v) is 4.75. The van der Waals surface area contributed by atoms with Crippen LogP contribution in [-0.2, 0) is 0 Å². The summed E-state index contributed by atoms with van der Waals surface area (Å²) in [5.41, 5.74) is 0.896. The van der Waals surface area contributed by atoms with Crippen LogP contribution < -0.4 is 10.6 Å². The molecule has 1 amide bonds. The Morgan fingerprint density at radius 3 is 2.71 bits per heavy atom. The minimum atomic E-state index is -0.109. The average Bonchev–Trinajstić information content (AvgIpc) is 2.37. The maximum Gasteiger partial charge on any atom is 0.287 e. The molecule has 0 radical (unpaired) electrons. The van der Waals surface area contributed by atoms with Gasteiger partial charge in [-0.1, -0.05) is 0 Å². The number of aryl methyl sites for hydroxylation is 2. The Bertz CT molecular complexity index is 353. The summed E-state index contributed by atoms with van der Waals surface area (Å²) < 4.78 is 5.31. The smallest absolute Gasteiger partial charge is 0.287 e. The van der Waals surface area contributed by atoms with Gasteiger partial charge in [0, 0.05) is 18.7 Å². The fourth-order valence-electron chi connectivity index (χ4n) is 1.51. The van der Waals surface area contributed by atoms with Crippen molar-refractivity contribution in [1.29, 1.82) is 0 Å². The van der Waals surface area contributed by atoms with Crippen molar-refractivity contribution in [3.8, 4) is 0 Å². The predicted octanol–water partition coefficient (Wildman–Crippen LogP) is 0.598. The molecule has 76 valence electrons. The Morgan fingerprint density at radius 2 is 2.29 bits per heavy atom. The third-order valence-electron chi connectivity index (χ3n) is 2.36. The molecule has 2 rings (SSSR count). The zero-order chi connectivity index (χ0) is 10.1. The van der Waals surface area contributed by atoms with Crippen LogP contribution in [0.1, 0.15) is 21.9 Å². The Labute approximate surface area is 82.7 Å². The second kappa shape index (κ2) is 3.46. The molecule has 0 unspecified atom stereocenters. The summed E-state index contributed by atoms with van der Waals surface area (Å²) in [5, 5.41) is 5.98. The SMILES string of the molecule is Cc1cc(C)c(C(=O)NC2CNC2)o1. The Kier molecular flexibility index (Phi) is 2.29. The second-order valence-electron chi connectivity index (χ2n) is 3.70. The van der Waals surface area contributed by atoms with Crippen LogP contribution in [-0.4, -0.2) is 25.0 Å². The van der Waals surface area contributed by atoms with Crippen LogP contribution in [0.2, 0.25) is 0 Å². The van der Waals surface area contributed by atoms with Crippen LogP contribution in [0, 0.1) is 13.8 Å². The Hall–Kier alpha value is -1.29. The van der Waals surface area contributed by atoms with E-state index in [4.69, 9.17) is 4.42 Å². The van der Waals surface area contributed by atoms with Gasteiger partial charge in [-0.3, -0.25) is 4.79 Å². The van der Waals surface area contributed by atoms with Gasteiger partial charge in [0.2, 0.25) is 0 Å². The fourth-order valence-corrected chi connectivity index (χ4v) is 1.51. The summed E-state index contributed by atoms with van der Waals surface area (Å²) in [6.07, 6.45) is 0. The van der Waals surface area contributed by atoms with Crippen LogP contribution in [0.15, 0.2) is 10.5 Å². The number of hydrogen-bond donors (Lipinski definition) is 2. The summed E-state index contributed by atoms with van der Waals surface area (Å²) in [7, 11) is 0. The van der Waals surface area contributed by atoms with Gasteiger partial charge in [0.1, 0.15) is 5.76 Å². The molecule has 0 atom stereocenters. The van der Waals surface area contributed by atoms with Crippen LogP contribution in [0.3, 0.4) is 0 Å². The third kappa shape index (κ3) is 1.65. The van der Waals surface area contributed by atoms with Gasteiger partial charge >= 0.3 is 0 Å². The first-order chi connectivity index (χ1) is 6.66. The van der Waals surface area contributed by atoms with E-state index in [9.17, 15) is 4.79 Å². The minimum absolute atomic E-state index is 0.109. The maximum absolute atomic E-state index is 11.6. The summed E-state index contributed by atoms with van der Waals surface area (Å²) in [6, 6.07) is 2.13. The number of hydrogen-bond acceptors (Lipinski definition) is 3. The number of rotatable bonds is 2. The summed E-state index contributed by atoms with van der Waals surface area (Å²) >= 11 is 0. The number of nitrogens with one attached hydrogen (secondary N) is 2. The Balaban J connectivity index is 2.06. The van der Waals surface area contributed by atoms with Crippen molar-refractivity contribution >= 4 is 5.91 Å². The molecule has 2 N–H and O–H groups in total. The van der Waals surface area contributed by atoms with Gasteiger partial charge in [-0.25, -0.2) is 0 Å². The number of furan rings is 1. The molecule has 2 heterocycles. The summed E-state index contributed by atoms with van der Waals surface area (Å²) in [5.74, 6) is 1.11. The maximum atomic E-state index is 11.6. The predicted molar refractivity (Wildman–Crippen MR) is 52.3 cm³/mol. The highest BCUT2D eigenvalue weighted by Crippen LogP contribution is 2.13. The summed E-state index contributed by atoms with van der Waals surface area (Å²) in [6.45, 7) is 5.42. The monoisotopic (exact) mass is 194 g/mol. The quantitative estimate of drug-likeness (QED) is 0.724. The number of carbonyl (C=O) groups is 1. The van der Waals surface area contributed by atoms with Crippen molar-refractivity contribution < 1.29 is 9.21 Å². The van der Waals surface area contributed by atoms with Crippen molar-refractivity contribution in [2.75, 3.05) is 13.1 Å². The molecule has 0 saturated carbocycles. The highest BCUT2D eigenvalue weighted by Gasteiger charge is 2.22. The zero-order valence-corrected chi connectivity index (χ0v) is 8.39. The lowest BCUT2D eigenvalue weighted by molar-refractivity contribution is 0.0893. The lowest BCUT2D eigenvalue weighted by atomic mass is 10.1. The van der Waals surface area contributed by atoms with E-state index in [-0.39, 0.29) is 11.9 Å². The first kappa shape index (κ1) is 9.27. The minimum Gasteiger partial charge on any atom is -0.456 e. The molecule has 0 aromatic carbocycles. The van der Waals surface area contributed by atoms with Gasteiger partial charge in [0.25, 0.3) is 5.91 Å². The molecule has 1 saturated heterocycles. The van der Waals surface area contributed by atoms with Gasteiger partial charge in [-0.15, -0.1) is 0 Å². The molecular weight excluding hydrogens is 180 g/mol. The van der Waals surface area contributed by atoms with Gasteiger partial charge in [0.15, 0.2) is 5.76 Å². The van der Waals surface area contributed by atoms with Crippen molar-refractivity contribution in [3.05, 3.63) is 23.2 Å². The topological polar surface area (TPSA) is 54.3 Å². The van der Waals surface area contributed by atoms with Crippen molar-refractivity contribution in [1.82, 2.24) is 10.6 Å². The van der Waals surface area contributed by atoms with Gasteiger partial charge < -0.3 is 15.1 Å². The molecule has 4 nitrogen and oxygen atoms in total. The van der Waals surface area contributed by atoms with Crippen LogP contribution in [0.5, 0.6) is 0 Å². The molecule has 0 aliphatic carbocycles. The van der Waals surface area contributed by atoms with Crippen LogP contribution in [0.25, 0.3) is 0 Å². The highest BCUT2D eigenvalue weighted by atomic mass is 16.3. The normalized spacial score (nSPS) is 16.4. The van der Waals surface area contributed by atoms with Gasteiger partial charge in [-0.2, -0.15) is 0 Å². The van der Waals surface area contributed by atoms with Crippen molar-refractivity contribution in [2.45, 2.75) is 19.9 Å². The lowest BCUT2D eigenvalue weighted by Gasteiger charge is -2.27. The third-order valence-corrected chi connectivity index (χ3v) is 2.36. The molecule has 1 aromatic heterocycles. The van der Waals surface area contributed by atoms with E-state index in [0.717, 1.165) is 24.4 Å². The number of carbonyl (C=O) groups excluding carboxylic acids is 1. The van der Waals surface area contributed by atoms with E-state index in [1.54, 1.807) is 0 Å². The molecular formula is C10H14N2O2. The van der Waals surface area contributed by atoms with Crippen LogP contribution >= 0.6 is 0 Å². The molecule has 1 aliphatic heterocycles. The van der Waals surface area contributed by atoms with Crippen molar-refractivity contribution in [3.63, 3.8) is 0 Å². The zero-order valence-electron chi connectivity index (χ0n) is 8.39. The van der Waals surface area contributed by atoms with Crippen molar-refractivity contribution in [2.24, 2.45) is 0 Å². The van der Waals surface area contributed by atoms with E-state index in [2.05, 4.69) is 10.6 Å². The molecule has 0 bridgehead atoms. The van der Waals surface area contributed by atoms with E-state index in [1.807, 2.05) is 19.9 Å². The molecule has 4 heteroatoms. The van der Waals surface area contributed by atoms with E-state index in [1.165, 1.54) is 0 Å². The van der Waals surface area contributed by atoms with Gasteiger partial charge in [0.05, 0.1) is 6.04 Å². The molecule has 1 aromatic rings. The Morgan fingerprint density at radius 1 is 1.57 bits per heavy atom. The lowest BCUT2D eigenvalue weighted by Crippen LogP contribution is -2.56. The summed E-state index contributed by atoms with van der Waals surface area (Å²) in [4.78, 5) is 11.6. The molecule has 1 aliphatic rings. The first-order valence-electron chi connectivity index (χ1n) is 4.75. The number of amides is 1. The van der Waals surface area contributed by atoms with Crippen LogP contribution in [0.4, 0.5) is 0 Å². The fraction of sp³-hybridized carbons (Fsp3) is 0.500. The van der Waals surface area contributed by atoms with E-state index < -0.39 is 0 Å². The highest BCUT2D eigenvalue weighted by molar-refractivity contribution is 5.93. The standard InChI is InChI=1S/C10H14N2O2/c1-6-3-7(2)14-9(6)10(13)12-8-4-11-5-8/h3,8,11H,4-5H2,1-2H3,(H,12,13). The molecule has 1 fully saturated rings. The molecule has 14 heavy (non-hydrogen) atoms. The van der Waals surface area contributed by atoms with E-state index in [0.29, 0.717) is 5.76 Å². The largest absolute Gasteiger partial charge is 0.456 e. The van der Waals surface area contributed by atoms with Gasteiger partial charge in [-0.05, 0) is 19.9 Å². The second-order valence-corrected chi connectivity index (χ2v) is 3.70.